The normalized spacial score (nSPS) is 11.5. The molecule has 0 aromatic rings. The molecular formula is C32H69N5O2. The molecule has 0 aliphatic rings. The van der Waals surface area contributed by atoms with Gasteiger partial charge in [-0.25, -0.2) is 4.79 Å². The summed E-state index contributed by atoms with van der Waals surface area (Å²) in [4.78, 5) is 25.9. The number of hydrogen-bond acceptors (Lipinski definition) is 3. The third kappa shape index (κ3) is 49.4. The van der Waals surface area contributed by atoms with E-state index in [1.165, 1.54) is 19.3 Å². The molecular weight excluding hydrogens is 486 g/mol. The number of urea groups is 1. The molecule has 0 atom stereocenters. The molecule has 0 saturated carbocycles. The summed E-state index contributed by atoms with van der Waals surface area (Å²) < 4.78 is 0. The SMILES string of the molecule is CC(C)/C=C/C(=O)C(C)C.CC(C)CCCC(C)C.CC(C)N=C(N)NC(C)C.CC(C)NC(=O)NC(C)C. The van der Waals surface area contributed by atoms with Crippen LogP contribution in [-0.4, -0.2) is 41.9 Å². The number of carbonyl (C=O) groups excluding carboxylic acids is 2. The number of amides is 2. The van der Waals surface area contributed by atoms with Gasteiger partial charge in [0.25, 0.3) is 0 Å². The minimum Gasteiger partial charge on any atom is -0.370 e. The van der Waals surface area contributed by atoms with Crippen LogP contribution in [0.4, 0.5) is 4.79 Å². The molecule has 5 N–H and O–H groups in total. The van der Waals surface area contributed by atoms with Gasteiger partial charge in [-0.15, -0.1) is 0 Å². The number of ketones is 1. The topological polar surface area (TPSA) is 109 Å². The van der Waals surface area contributed by atoms with Gasteiger partial charge in [0.05, 0.1) is 0 Å². The summed E-state index contributed by atoms with van der Waals surface area (Å²) in [5, 5.41) is 8.45. The van der Waals surface area contributed by atoms with Gasteiger partial charge in [-0.1, -0.05) is 80.7 Å². The Bertz CT molecular complexity index is 614. The number of nitrogens with zero attached hydrogens (tertiary/aromatic N) is 1. The van der Waals surface area contributed by atoms with E-state index in [1.54, 1.807) is 6.08 Å². The van der Waals surface area contributed by atoms with Gasteiger partial charge in [-0.3, -0.25) is 9.79 Å². The van der Waals surface area contributed by atoms with E-state index in [9.17, 15) is 9.59 Å². The molecule has 0 radical (unpaired) electrons. The molecule has 234 valence electrons. The first kappa shape index (κ1) is 44.0. The number of nitrogens with two attached hydrogens (primary N) is 1. The van der Waals surface area contributed by atoms with Crippen molar-refractivity contribution in [1.82, 2.24) is 16.0 Å². The van der Waals surface area contributed by atoms with Gasteiger partial charge in [0.2, 0.25) is 0 Å². The van der Waals surface area contributed by atoms with Gasteiger partial charge >= 0.3 is 6.03 Å². The average Bonchev–Trinajstić information content (AvgIpc) is 2.70. The molecule has 7 heteroatoms. The van der Waals surface area contributed by atoms with Crippen LogP contribution in [0.1, 0.15) is 130 Å². The minimum absolute atomic E-state index is 0.0926. The molecule has 0 heterocycles. The van der Waals surface area contributed by atoms with Gasteiger partial charge in [0, 0.05) is 30.1 Å². The Morgan fingerprint density at radius 3 is 1.31 bits per heavy atom. The molecule has 0 unspecified atom stereocenters. The molecule has 0 aromatic heterocycles. The average molecular weight is 556 g/mol. The first-order chi connectivity index (χ1) is 17.7. The summed E-state index contributed by atoms with van der Waals surface area (Å²) in [6.07, 6.45) is 7.82. The maximum absolute atomic E-state index is 11.0. The zero-order chi connectivity index (χ0) is 31.7. The summed E-state index contributed by atoms with van der Waals surface area (Å²) in [7, 11) is 0. The lowest BCUT2D eigenvalue weighted by Gasteiger charge is -2.11. The number of hydrogen-bond donors (Lipinski definition) is 4. The molecule has 0 bridgehead atoms. The fourth-order valence-corrected chi connectivity index (χ4v) is 2.59. The van der Waals surface area contributed by atoms with Gasteiger partial charge < -0.3 is 21.7 Å². The van der Waals surface area contributed by atoms with Crippen molar-refractivity contribution in [2.75, 3.05) is 0 Å². The van der Waals surface area contributed by atoms with E-state index in [4.69, 9.17) is 5.73 Å². The Morgan fingerprint density at radius 2 is 1.05 bits per heavy atom. The summed E-state index contributed by atoms with van der Waals surface area (Å²) in [5.41, 5.74) is 5.51. The van der Waals surface area contributed by atoms with Crippen LogP contribution in [0.25, 0.3) is 0 Å². The van der Waals surface area contributed by atoms with E-state index in [2.05, 4.69) is 62.5 Å². The highest BCUT2D eigenvalue weighted by molar-refractivity contribution is 5.91. The predicted octanol–water partition coefficient (Wildman–Crippen LogP) is 7.70. The number of nitrogens with one attached hydrogen (secondary N) is 3. The maximum Gasteiger partial charge on any atom is 0.315 e. The summed E-state index contributed by atoms with van der Waals surface area (Å²) in [6.45, 7) is 32.9. The quantitative estimate of drug-likeness (QED) is 0.119. The monoisotopic (exact) mass is 556 g/mol. The van der Waals surface area contributed by atoms with Crippen molar-refractivity contribution in [2.45, 2.75) is 154 Å². The second-order valence-corrected chi connectivity index (χ2v) is 12.7. The lowest BCUT2D eigenvalue weighted by Crippen LogP contribution is -2.42. The maximum atomic E-state index is 11.0. The van der Waals surface area contributed by atoms with Crippen LogP contribution in [0.15, 0.2) is 17.1 Å². The Morgan fingerprint density at radius 1 is 0.667 bits per heavy atom. The Hall–Kier alpha value is -2.05. The van der Waals surface area contributed by atoms with E-state index in [1.807, 2.05) is 75.3 Å². The fourth-order valence-electron chi connectivity index (χ4n) is 2.59. The fraction of sp³-hybridized carbons (Fsp3) is 0.844. The number of carbonyl (C=O) groups is 2. The van der Waals surface area contributed by atoms with Crippen molar-refractivity contribution < 1.29 is 9.59 Å². The molecule has 7 nitrogen and oxygen atoms in total. The van der Waals surface area contributed by atoms with Crippen LogP contribution >= 0.6 is 0 Å². The lowest BCUT2D eigenvalue weighted by atomic mass is 10.0. The van der Waals surface area contributed by atoms with E-state index >= 15 is 0 Å². The highest BCUT2D eigenvalue weighted by atomic mass is 16.2. The number of rotatable bonds is 11. The van der Waals surface area contributed by atoms with E-state index in [0.717, 1.165) is 11.8 Å². The predicted molar refractivity (Wildman–Crippen MR) is 174 cm³/mol. The molecule has 0 aromatic carbocycles. The number of allylic oxidation sites excluding steroid dienone is 2. The minimum atomic E-state index is -0.0926. The van der Waals surface area contributed by atoms with Gasteiger partial charge in [-0.2, -0.15) is 0 Å². The van der Waals surface area contributed by atoms with Crippen LogP contribution < -0.4 is 21.7 Å². The second-order valence-electron chi connectivity index (χ2n) is 12.7. The molecule has 0 rings (SSSR count). The van der Waals surface area contributed by atoms with Gasteiger partial charge in [0.1, 0.15) is 0 Å². The van der Waals surface area contributed by atoms with E-state index < -0.39 is 0 Å². The Balaban J connectivity index is -0.000000210. The van der Waals surface area contributed by atoms with E-state index in [0.29, 0.717) is 17.9 Å². The molecule has 0 aliphatic heterocycles. The lowest BCUT2D eigenvalue weighted by molar-refractivity contribution is -0.117. The third-order valence-electron chi connectivity index (χ3n) is 4.45. The van der Waals surface area contributed by atoms with Crippen LogP contribution in [-0.2, 0) is 4.79 Å². The van der Waals surface area contributed by atoms with Crippen LogP contribution in [0.3, 0.4) is 0 Å². The Kier molecular flexibility index (Phi) is 31.0. The Labute approximate surface area is 244 Å². The molecule has 0 fully saturated rings. The van der Waals surface area contributed by atoms with Crippen molar-refractivity contribution in [2.24, 2.45) is 34.4 Å². The molecule has 0 aliphatic carbocycles. The molecule has 39 heavy (non-hydrogen) atoms. The van der Waals surface area contributed by atoms with Crippen LogP contribution in [0.2, 0.25) is 0 Å². The van der Waals surface area contributed by atoms with Crippen molar-refractivity contribution >= 4 is 17.8 Å². The van der Waals surface area contributed by atoms with Gasteiger partial charge in [-0.05, 0) is 79.2 Å². The van der Waals surface area contributed by atoms with Crippen molar-refractivity contribution in [3.63, 3.8) is 0 Å². The largest absolute Gasteiger partial charge is 0.370 e. The summed E-state index contributed by atoms with van der Waals surface area (Å²) in [6, 6.07) is 0.955. The third-order valence-corrected chi connectivity index (χ3v) is 4.45. The zero-order valence-corrected chi connectivity index (χ0v) is 28.7. The molecule has 2 amide bonds. The number of guanidine groups is 1. The highest BCUT2D eigenvalue weighted by Gasteiger charge is 2.02. The van der Waals surface area contributed by atoms with Crippen LogP contribution in [0.5, 0.6) is 0 Å². The summed E-state index contributed by atoms with van der Waals surface area (Å²) >= 11 is 0. The zero-order valence-electron chi connectivity index (χ0n) is 28.7. The van der Waals surface area contributed by atoms with Crippen molar-refractivity contribution in [1.29, 1.82) is 0 Å². The molecule has 0 saturated heterocycles. The highest BCUT2D eigenvalue weighted by Crippen LogP contribution is 2.10. The first-order valence-corrected chi connectivity index (χ1v) is 15.1. The molecule has 0 spiro atoms. The second kappa shape index (κ2) is 27.5. The smallest absolute Gasteiger partial charge is 0.315 e. The number of aliphatic imine (C=N–C) groups is 1. The van der Waals surface area contributed by atoms with Crippen molar-refractivity contribution in [3.05, 3.63) is 12.2 Å². The van der Waals surface area contributed by atoms with Gasteiger partial charge in [0.15, 0.2) is 11.7 Å². The first-order valence-electron chi connectivity index (χ1n) is 15.1. The summed E-state index contributed by atoms with van der Waals surface area (Å²) in [5.74, 6) is 3.14. The van der Waals surface area contributed by atoms with Crippen molar-refractivity contribution in [3.8, 4) is 0 Å². The van der Waals surface area contributed by atoms with E-state index in [-0.39, 0.29) is 35.9 Å². The van der Waals surface area contributed by atoms with Crippen LogP contribution in [0, 0.1) is 23.7 Å². The standard InChI is InChI=1S/C9H16O.C9H20.C7H17N3.C7H16N2O/c1-7(2)5-6-9(10)8(3)4;1-8(2)6-5-7-9(3)4;1-5(2)9-7(8)10-6(3)4;1-5(2)8-7(10)9-6(3)4/h5-8H,1-4H3;8-9H,5-7H2,1-4H3;5-6H,1-4H3,(H3,8,9,10);5-6H,1-4H3,(H2,8,9,10)/b6-5+;;;.